The van der Waals surface area contributed by atoms with Crippen LogP contribution < -0.4 is 0 Å². The van der Waals surface area contributed by atoms with Crippen molar-refractivity contribution in [3.8, 4) is 11.6 Å². The minimum Gasteiger partial charge on any atom is -0.376 e. The number of carbonyl (C=O) groups excluding carboxylic acids is 1. The summed E-state index contributed by atoms with van der Waals surface area (Å²) in [6.45, 7) is 4.54. The first-order chi connectivity index (χ1) is 15.1. The third-order valence-electron chi connectivity index (χ3n) is 5.86. The van der Waals surface area contributed by atoms with Crippen molar-refractivity contribution < 1.29 is 14.1 Å². The molecule has 2 aliphatic rings. The highest BCUT2D eigenvalue weighted by Crippen LogP contribution is 2.34. The average molecular weight is 422 g/mol. The molecule has 0 aromatic carbocycles. The van der Waals surface area contributed by atoms with Crippen molar-refractivity contribution in [2.24, 2.45) is 5.92 Å². The van der Waals surface area contributed by atoms with E-state index in [9.17, 15) is 4.79 Å². The molecule has 3 aromatic rings. The fourth-order valence-electron chi connectivity index (χ4n) is 3.90. The van der Waals surface area contributed by atoms with Gasteiger partial charge in [-0.25, -0.2) is 0 Å². The van der Waals surface area contributed by atoms with Crippen molar-refractivity contribution >= 4 is 5.91 Å². The van der Waals surface area contributed by atoms with Crippen LogP contribution in [0.1, 0.15) is 46.0 Å². The Morgan fingerprint density at radius 1 is 1.35 bits per heavy atom. The standard InChI is InChI=1S/C22H26N6O3/c1-14-11-16(5-8-23-14)22(29)27(2)9-6-19-24-21(31-26-19)20-17-13-30-10-7-18(17)28(25-20)12-15-3-4-15/h5,8,11,15H,3-4,6-7,9-10,12-13H2,1-2H3. The molecule has 0 bridgehead atoms. The lowest BCUT2D eigenvalue weighted by molar-refractivity contribution is 0.0795. The molecular formula is C22H26N6O3. The Hall–Kier alpha value is -3.07. The molecule has 3 aromatic heterocycles. The number of pyridine rings is 1. The van der Waals surface area contributed by atoms with Crippen molar-refractivity contribution in [1.29, 1.82) is 0 Å². The molecule has 1 fully saturated rings. The van der Waals surface area contributed by atoms with Gasteiger partial charge in [0.05, 0.1) is 13.2 Å². The largest absolute Gasteiger partial charge is 0.376 e. The Bertz CT molecular complexity index is 1100. The molecule has 0 atom stereocenters. The first-order valence-corrected chi connectivity index (χ1v) is 10.8. The minimum absolute atomic E-state index is 0.0562. The summed E-state index contributed by atoms with van der Waals surface area (Å²) in [7, 11) is 1.77. The smallest absolute Gasteiger partial charge is 0.278 e. The third kappa shape index (κ3) is 4.23. The van der Waals surface area contributed by atoms with Gasteiger partial charge in [0.25, 0.3) is 11.8 Å². The minimum atomic E-state index is -0.0562. The van der Waals surface area contributed by atoms with Gasteiger partial charge in [0.15, 0.2) is 11.5 Å². The zero-order valence-electron chi connectivity index (χ0n) is 17.9. The van der Waals surface area contributed by atoms with Crippen LogP contribution in [0.2, 0.25) is 0 Å². The van der Waals surface area contributed by atoms with Crippen molar-refractivity contribution in [3.05, 3.63) is 46.7 Å². The number of amides is 1. The Kier molecular flexibility index (Phi) is 5.27. The highest BCUT2D eigenvalue weighted by Gasteiger charge is 2.29. The summed E-state index contributed by atoms with van der Waals surface area (Å²) in [4.78, 5) is 23.0. The molecule has 1 amide bonds. The van der Waals surface area contributed by atoms with E-state index < -0.39 is 0 Å². The number of nitrogens with zero attached hydrogens (tertiary/aromatic N) is 6. The van der Waals surface area contributed by atoms with E-state index in [1.54, 1.807) is 30.3 Å². The van der Waals surface area contributed by atoms with Gasteiger partial charge in [0, 0.05) is 61.7 Å². The first kappa shape index (κ1) is 19.9. The number of rotatable bonds is 7. The maximum Gasteiger partial charge on any atom is 0.278 e. The van der Waals surface area contributed by atoms with Crippen molar-refractivity contribution in [1.82, 2.24) is 29.8 Å². The third-order valence-corrected chi connectivity index (χ3v) is 5.86. The number of ether oxygens (including phenoxy) is 1. The molecule has 5 rings (SSSR count). The van der Waals surface area contributed by atoms with Gasteiger partial charge >= 0.3 is 0 Å². The van der Waals surface area contributed by atoms with Crippen LogP contribution in [0.25, 0.3) is 11.6 Å². The van der Waals surface area contributed by atoms with E-state index in [0.29, 0.717) is 36.9 Å². The Morgan fingerprint density at radius 2 is 2.23 bits per heavy atom. The molecule has 0 spiro atoms. The lowest BCUT2D eigenvalue weighted by Crippen LogP contribution is -2.29. The van der Waals surface area contributed by atoms with Crippen molar-refractivity contribution in [2.75, 3.05) is 20.2 Å². The highest BCUT2D eigenvalue weighted by molar-refractivity contribution is 5.94. The normalized spacial score (nSPS) is 15.7. The van der Waals surface area contributed by atoms with Crippen molar-refractivity contribution in [3.63, 3.8) is 0 Å². The molecule has 0 radical (unpaired) electrons. The van der Waals surface area contributed by atoms with E-state index in [4.69, 9.17) is 14.4 Å². The summed E-state index contributed by atoms with van der Waals surface area (Å²) >= 11 is 0. The van der Waals surface area contributed by atoms with Gasteiger partial charge < -0.3 is 14.2 Å². The number of likely N-dealkylation sites (N-methyl/N-ethyl adjacent to an activating group) is 1. The Balaban J connectivity index is 1.28. The van der Waals surface area contributed by atoms with Crippen LogP contribution in [0.5, 0.6) is 0 Å². The van der Waals surface area contributed by atoms with Crippen LogP contribution >= 0.6 is 0 Å². The second kappa shape index (κ2) is 8.22. The first-order valence-electron chi connectivity index (χ1n) is 10.8. The lowest BCUT2D eigenvalue weighted by Gasteiger charge is -2.16. The predicted octanol–water partition coefficient (Wildman–Crippen LogP) is 2.43. The van der Waals surface area contributed by atoms with E-state index >= 15 is 0 Å². The van der Waals surface area contributed by atoms with Crippen molar-refractivity contribution in [2.45, 2.75) is 45.8 Å². The molecule has 31 heavy (non-hydrogen) atoms. The zero-order valence-corrected chi connectivity index (χ0v) is 17.9. The quantitative estimate of drug-likeness (QED) is 0.577. The van der Waals surface area contributed by atoms with Gasteiger partial charge in [-0.15, -0.1) is 0 Å². The number of hydrogen-bond donors (Lipinski definition) is 0. The molecule has 9 heteroatoms. The van der Waals surface area contributed by atoms with Crippen LogP contribution in [0.3, 0.4) is 0 Å². The molecule has 1 aliphatic carbocycles. The molecule has 0 saturated heterocycles. The predicted molar refractivity (Wildman–Crippen MR) is 111 cm³/mol. The van der Waals surface area contributed by atoms with E-state index in [2.05, 4.69) is 19.8 Å². The van der Waals surface area contributed by atoms with Crippen LogP contribution in [0.4, 0.5) is 0 Å². The molecule has 0 N–H and O–H groups in total. The fourth-order valence-corrected chi connectivity index (χ4v) is 3.90. The van der Waals surface area contributed by atoms with E-state index in [0.717, 1.165) is 42.4 Å². The van der Waals surface area contributed by atoms with Crippen LogP contribution in [-0.4, -0.2) is 55.9 Å². The Labute approximate surface area is 180 Å². The summed E-state index contributed by atoms with van der Waals surface area (Å²) in [5.74, 6) is 1.65. The maximum absolute atomic E-state index is 12.6. The monoisotopic (exact) mass is 422 g/mol. The van der Waals surface area contributed by atoms with Crippen LogP contribution in [0.15, 0.2) is 22.9 Å². The average Bonchev–Trinajstić information content (AvgIpc) is 3.35. The topological polar surface area (TPSA) is 99.2 Å². The van der Waals surface area contributed by atoms with Gasteiger partial charge in [0.2, 0.25) is 0 Å². The summed E-state index contributed by atoms with van der Waals surface area (Å²) in [6.07, 6.45) is 5.55. The zero-order chi connectivity index (χ0) is 21.4. The van der Waals surface area contributed by atoms with E-state index in [1.807, 2.05) is 6.92 Å². The maximum atomic E-state index is 12.6. The van der Waals surface area contributed by atoms with Gasteiger partial charge in [-0.3, -0.25) is 14.5 Å². The van der Waals surface area contributed by atoms with Crippen LogP contribution in [0, 0.1) is 12.8 Å². The molecule has 4 heterocycles. The summed E-state index contributed by atoms with van der Waals surface area (Å²) in [5.41, 5.74) is 4.45. The fraction of sp³-hybridized carbons (Fsp3) is 0.500. The summed E-state index contributed by atoms with van der Waals surface area (Å²) in [5, 5.41) is 8.91. The molecule has 0 unspecified atom stereocenters. The molecule has 1 saturated carbocycles. The highest BCUT2D eigenvalue weighted by atomic mass is 16.5. The summed E-state index contributed by atoms with van der Waals surface area (Å²) in [6, 6.07) is 3.51. The van der Waals surface area contributed by atoms with Gasteiger partial charge in [-0.1, -0.05) is 5.16 Å². The molecule has 1 aliphatic heterocycles. The summed E-state index contributed by atoms with van der Waals surface area (Å²) < 4.78 is 13.3. The van der Waals surface area contributed by atoms with Crippen LogP contribution in [-0.2, 0) is 30.7 Å². The number of hydrogen-bond acceptors (Lipinski definition) is 7. The molecular weight excluding hydrogens is 396 g/mol. The second-order valence-corrected chi connectivity index (χ2v) is 8.38. The van der Waals surface area contributed by atoms with Gasteiger partial charge in [-0.2, -0.15) is 10.1 Å². The van der Waals surface area contributed by atoms with E-state index in [1.165, 1.54) is 18.5 Å². The van der Waals surface area contributed by atoms with E-state index in [-0.39, 0.29) is 5.91 Å². The Morgan fingerprint density at radius 3 is 3.03 bits per heavy atom. The SMILES string of the molecule is Cc1cc(C(=O)N(C)CCc2noc(-c3nn(CC4CC4)c4c3COCC4)n2)ccn1. The van der Waals surface area contributed by atoms with Gasteiger partial charge in [-0.05, 0) is 37.8 Å². The van der Waals surface area contributed by atoms with Gasteiger partial charge in [0.1, 0.15) is 0 Å². The number of aryl methyl sites for hydroxylation is 1. The molecule has 9 nitrogen and oxygen atoms in total. The second-order valence-electron chi connectivity index (χ2n) is 8.38. The lowest BCUT2D eigenvalue weighted by atomic mass is 10.1. The number of carbonyl (C=O) groups is 1. The number of aromatic nitrogens is 5. The number of fused-ring (bicyclic) bond motifs is 1. The molecule has 162 valence electrons.